The lowest BCUT2D eigenvalue weighted by Gasteiger charge is -2.34. The normalized spacial score (nSPS) is 11.9. The van der Waals surface area contributed by atoms with Crippen molar-refractivity contribution in [2.75, 3.05) is 0 Å². The molecule has 0 N–H and O–H groups in total. The van der Waals surface area contributed by atoms with Crippen LogP contribution in [0.5, 0.6) is 11.5 Å². The number of carbonyl (C=O) groups excluding carboxylic acids is 2. The molecule has 0 fully saturated rings. The van der Waals surface area contributed by atoms with Crippen molar-refractivity contribution in [3.63, 3.8) is 0 Å². The maximum absolute atomic E-state index is 11.4. The number of rotatable bonds is 5. The standard InChI is InChI=1S/C29H22O4.C4H10.C2H6/c1-19(30)32-23-15-11-21(12-16-23)29(22-13-17-24(18-14-22)33-20(2)31)27-9-5-3-7-25(27)26-8-4-6-10-28(26)29;1-3-4-2;1-2/h3-18H,1-2H3;3-4H2,1-2H3;1-2H3. The summed E-state index contributed by atoms with van der Waals surface area (Å²) in [6.07, 6.45) is 2.64. The molecule has 0 aromatic heterocycles. The maximum Gasteiger partial charge on any atom is 0.308 e. The van der Waals surface area contributed by atoms with Crippen molar-refractivity contribution in [3.05, 3.63) is 119 Å². The molecule has 0 unspecified atom stereocenters. The Balaban J connectivity index is 0.000000644. The van der Waals surface area contributed by atoms with Gasteiger partial charge in [-0.05, 0) is 57.6 Å². The lowest BCUT2D eigenvalue weighted by atomic mass is 9.68. The molecule has 39 heavy (non-hydrogen) atoms. The largest absolute Gasteiger partial charge is 0.427 e. The quantitative estimate of drug-likeness (QED) is 0.171. The van der Waals surface area contributed by atoms with Crippen molar-refractivity contribution in [2.45, 2.75) is 59.8 Å². The van der Waals surface area contributed by atoms with Gasteiger partial charge in [0.05, 0.1) is 5.41 Å². The van der Waals surface area contributed by atoms with E-state index in [4.69, 9.17) is 9.47 Å². The van der Waals surface area contributed by atoms with E-state index in [-0.39, 0.29) is 11.9 Å². The van der Waals surface area contributed by atoms with Crippen molar-refractivity contribution in [1.29, 1.82) is 0 Å². The van der Waals surface area contributed by atoms with Gasteiger partial charge in [0.15, 0.2) is 0 Å². The Morgan fingerprint density at radius 2 is 0.897 bits per heavy atom. The van der Waals surface area contributed by atoms with Gasteiger partial charge in [0, 0.05) is 13.8 Å². The van der Waals surface area contributed by atoms with E-state index >= 15 is 0 Å². The van der Waals surface area contributed by atoms with E-state index in [2.05, 4.69) is 62.4 Å². The first-order valence-electron chi connectivity index (χ1n) is 13.7. The van der Waals surface area contributed by atoms with Crippen LogP contribution in [0.1, 0.15) is 76.6 Å². The number of carbonyl (C=O) groups is 2. The van der Waals surface area contributed by atoms with Crippen LogP contribution in [0.4, 0.5) is 0 Å². The molecule has 0 saturated carbocycles. The second kappa shape index (κ2) is 13.6. The van der Waals surface area contributed by atoms with Crippen molar-refractivity contribution in [1.82, 2.24) is 0 Å². The van der Waals surface area contributed by atoms with Gasteiger partial charge in [-0.15, -0.1) is 0 Å². The lowest BCUT2D eigenvalue weighted by Crippen LogP contribution is -2.28. The first kappa shape index (κ1) is 29.4. The van der Waals surface area contributed by atoms with Crippen LogP contribution in [0.2, 0.25) is 0 Å². The Bertz CT molecular complexity index is 1280. The minimum absolute atomic E-state index is 0.352. The molecule has 0 radical (unpaired) electrons. The summed E-state index contributed by atoms with van der Waals surface area (Å²) in [7, 11) is 0. The zero-order chi connectivity index (χ0) is 28.4. The molecule has 0 aliphatic heterocycles. The molecule has 4 nitrogen and oxygen atoms in total. The predicted molar refractivity (Wildman–Crippen MR) is 158 cm³/mol. The third-order valence-electron chi connectivity index (χ3n) is 6.55. The van der Waals surface area contributed by atoms with Crippen LogP contribution >= 0.6 is 0 Å². The summed E-state index contributed by atoms with van der Waals surface area (Å²) in [6, 6.07) is 32.2. The molecule has 0 atom stereocenters. The summed E-state index contributed by atoms with van der Waals surface area (Å²) < 4.78 is 10.5. The van der Waals surface area contributed by atoms with E-state index in [1.807, 2.05) is 62.4 Å². The molecule has 0 saturated heterocycles. The van der Waals surface area contributed by atoms with Crippen molar-refractivity contribution in [2.24, 2.45) is 0 Å². The van der Waals surface area contributed by atoms with E-state index in [1.165, 1.54) is 48.9 Å². The third-order valence-corrected chi connectivity index (χ3v) is 6.55. The molecule has 4 aromatic rings. The SMILES string of the molecule is CC.CC(=O)Oc1ccc(C2(c3ccc(OC(C)=O)cc3)c3ccccc3-c3ccccc32)cc1.CCCC. The van der Waals surface area contributed by atoms with E-state index in [0.29, 0.717) is 11.5 Å². The highest BCUT2D eigenvalue weighted by molar-refractivity contribution is 5.86. The third kappa shape index (κ3) is 6.12. The molecular formula is C35H38O4. The summed E-state index contributed by atoms with van der Waals surface area (Å²) >= 11 is 0. The second-order valence-corrected chi connectivity index (χ2v) is 9.08. The number of unbranched alkanes of at least 4 members (excludes halogenated alkanes) is 1. The molecule has 5 rings (SSSR count). The second-order valence-electron chi connectivity index (χ2n) is 9.08. The number of hydrogen-bond acceptors (Lipinski definition) is 4. The number of fused-ring (bicyclic) bond motifs is 3. The van der Waals surface area contributed by atoms with Crippen LogP contribution in [0.15, 0.2) is 97.1 Å². The Morgan fingerprint density at radius 3 is 1.21 bits per heavy atom. The summed E-state index contributed by atoms with van der Waals surface area (Å²) in [5.74, 6) is 0.308. The molecule has 0 heterocycles. The van der Waals surface area contributed by atoms with Crippen LogP contribution in [-0.4, -0.2) is 11.9 Å². The average Bonchev–Trinajstić information content (AvgIpc) is 3.26. The van der Waals surface area contributed by atoms with Gasteiger partial charge in [0.1, 0.15) is 11.5 Å². The zero-order valence-electron chi connectivity index (χ0n) is 23.8. The minimum atomic E-state index is -0.573. The van der Waals surface area contributed by atoms with Gasteiger partial charge in [-0.1, -0.05) is 113 Å². The van der Waals surface area contributed by atoms with E-state index in [9.17, 15) is 9.59 Å². The Hall–Kier alpha value is -4.18. The van der Waals surface area contributed by atoms with Crippen LogP contribution in [0.3, 0.4) is 0 Å². The van der Waals surface area contributed by atoms with Crippen LogP contribution in [-0.2, 0) is 15.0 Å². The minimum Gasteiger partial charge on any atom is -0.427 e. The highest BCUT2D eigenvalue weighted by atomic mass is 16.5. The van der Waals surface area contributed by atoms with Crippen LogP contribution in [0, 0.1) is 0 Å². The smallest absolute Gasteiger partial charge is 0.308 e. The van der Waals surface area contributed by atoms with Gasteiger partial charge in [-0.3, -0.25) is 9.59 Å². The zero-order valence-corrected chi connectivity index (χ0v) is 23.8. The Kier molecular flexibility index (Phi) is 10.2. The highest BCUT2D eigenvalue weighted by Gasteiger charge is 2.45. The first-order valence-corrected chi connectivity index (χ1v) is 13.7. The molecule has 202 valence electrons. The van der Waals surface area contributed by atoms with Crippen molar-refractivity contribution >= 4 is 11.9 Å². The number of esters is 2. The fourth-order valence-corrected chi connectivity index (χ4v) is 4.90. The molecule has 0 spiro atoms. The topological polar surface area (TPSA) is 52.6 Å². The van der Waals surface area contributed by atoms with Gasteiger partial charge < -0.3 is 9.47 Å². The van der Waals surface area contributed by atoms with Gasteiger partial charge in [-0.2, -0.15) is 0 Å². The Morgan fingerprint density at radius 1 is 0.564 bits per heavy atom. The molecule has 1 aliphatic rings. The highest BCUT2D eigenvalue weighted by Crippen LogP contribution is 2.56. The molecule has 4 aromatic carbocycles. The lowest BCUT2D eigenvalue weighted by molar-refractivity contribution is -0.132. The molecular weight excluding hydrogens is 484 g/mol. The molecule has 0 bridgehead atoms. The van der Waals surface area contributed by atoms with Crippen LogP contribution < -0.4 is 9.47 Å². The fraction of sp³-hybridized carbons (Fsp3) is 0.257. The van der Waals surface area contributed by atoms with Gasteiger partial charge in [0.25, 0.3) is 0 Å². The summed E-state index contributed by atoms with van der Waals surface area (Å²) in [5.41, 5.74) is 6.24. The average molecular weight is 523 g/mol. The number of ether oxygens (including phenoxy) is 2. The van der Waals surface area contributed by atoms with E-state index in [0.717, 1.165) is 11.1 Å². The summed E-state index contributed by atoms with van der Waals surface area (Å²) in [4.78, 5) is 22.8. The Labute approximate surface area is 232 Å². The van der Waals surface area contributed by atoms with Gasteiger partial charge in [0.2, 0.25) is 0 Å². The van der Waals surface area contributed by atoms with Crippen molar-refractivity contribution < 1.29 is 19.1 Å². The van der Waals surface area contributed by atoms with Gasteiger partial charge >= 0.3 is 11.9 Å². The predicted octanol–water partition coefficient (Wildman–Crippen LogP) is 8.73. The van der Waals surface area contributed by atoms with E-state index in [1.54, 1.807) is 0 Å². The molecule has 0 amide bonds. The van der Waals surface area contributed by atoms with E-state index < -0.39 is 5.41 Å². The molecule has 4 heteroatoms. The maximum atomic E-state index is 11.4. The van der Waals surface area contributed by atoms with Crippen LogP contribution in [0.25, 0.3) is 11.1 Å². The monoisotopic (exact) mass is 522 g/mol. The van der Waals surface area contributed by atoms with Crippen molar-refractivity contribution in [3.8, 4) is 22.6 Å². The first-order chi connectivity index (χ1) is 18.9. The number of benzene rings is 4. The molecule has 1 aliphatic carbocycles. The fourth-order valence-electron chi connectivity index (χ4n) is 4.90. The summed E-state index contributed by atoms with van der Waals surface area (Å²) in [6.45, 7) is 11.1. The summed E-state index contributed by atoms with van der Waals surface area (Å²) in [5, 5.41) is 0. The number of hydrogen-bond donors (Lipinski definition) is 0. The van der Waals surface area contributed by atoms with Gasteiger partial charge in [-0.25, -0.2) is 0 Å².